The number of carboxylic acids is 1. The number of aliphatic hydroxyl groups is 1. The summed E-state index contributed by atoms with van der Waals surface area (Å²) in [5.41, 5.74) is 0. The lowest BCUT2D eigenvalue weighted by Gasteiger charge is -2.32. The van der Waals surface area contributed by atoms with Gasteiger partial charge in [-0.25, -0.2) is 9.59 Å². The van der Waals surface area contributed by atoms with Crippen LogP contribution < -0.4 is 10.6 Å². The summed E-state index contributed by atoms with van der Waals surface area (Å²) >= 11 is 0. The van der Waals surface area contributed by atoms with Crippen molar-refractivity contribution in [2.75, 3.05) is 19.6 Å². The van der Waals surface area contributed by atoms with Gasteiger partial charge in [-0.15, -0.1) is 0 Å². The van der Waals surface area contributed by atoms with Gasteiger partial charge in [-0.05, 0) is 32.7 Å². The van der Waals surface area contributed by atoms with Gasteiger partial charge in [0.05, 0.1) is 6.10 Å². The molecule has 0 aromatic carbocycles. The number of nitrogens with one attached hydrogen (secondary N) is 2. The highest BCUT2D eigenvalue weighted by molar-refractivity contribution is 5.83. The van der Waals surface area contributed by atoms with Crippen molar-refractivity contribution in [3.05, 3.63) is 0 Å². The van der Waals surface area contributed by atoms with E-state index in [1.807, 2.05) is 0 Å². The number of piperidine rings is 1. The highest BCUT2D eigenvalue weighted by atomic mass is 16.4. The average Bonchev–Trinajstić information content (AvgIpc) is 2.38. The first-order valence-corrected chi connectivity index (χ1v) is 7.14. The molecule has 0 spiro atoms. The van der Waals surface area contributed by atoms with Gasteiger partial charge in [0.15, 0.2) is 6.04 Å². The lowest BCUT2D eigenvalue weighted by Crippen LogP contribution is -2.54. The Morgan fingerprint density at radius 3 is 2.40 bits per heavy atom. The molecule has 2 unspecified atom stereocenters. The van der Waals surface area contributed by atoms with Gasteiger partial charge >= 0.3 is 12.0 Å². The largest absolute Gasteiger partial charge is 0.480 e. The molecular formula is C13H25N3O4. The molecule has 1 saturated heterocycles. The summed E-state index contributed by atoms with van der Waals surface area (Å²) in [5, 5.41) is 23.2. The van der Waals surface area contributed by atoms with Crippen LogP contribution in [0.15, 0.2) is 0 Å². The Morgan fingerprint density at radius 1 is 1.35 bits per heavy atom. The fourth-order valence-corrected chi connectivity index (χ4v) is 2.37. The van der Waals surface area contributed by atoms with Crippen LogP contribution in [0.25, 0.3) is 0 Å². The van der Waals surface area contributed by atoms with E-state index in [0.29, 0.717) is 0 Å². The molecule has 116 valence electrons. The molecule has 1 rings (SSSR count). The zero-order valence-electron chi connectivity index (χ0n) is 12.1. The molecule has 0 aliphatic carbocycles. The van der Waals surface area contributed by atoms with Crippen molar-refractivity contribution in [2.24, 2.45) is 0 Å². The number of urea groups is 1. The number of rotatable bonds is 6. The molecule has 1 aliphatic heterocycles. The van der Waals surface area contributed by atoms with Gasteiger partial charge in [-0.3, -0.25) is 0 Å². The minimum atomic E-state index is -1.28. The summed E-state index contributed by atoms with van der Waals surface area (Å²) < 4.78 is 0. The van der Waals surface area contributed by atoms with E-state index < -0.39 is 24.1 Å². The Hall–Kier alpha value is -1.34. The fourth-order valence-electron chi connectivity index (χ4n) is 2.37. The average molecular weight is 287 g/mol. The molecule has 2 amide bonds. The predicted octanol–water partition coefficient (Wildman–Crippen LogP) is -0.00600. The van der Waals surface area contributed by atoms with Crippen molar-refractivity contribution in [1.29, 1.82) is 0 Å². The first-order valence-electron chi connectivity index (χ1n) is 7.14. The molecule has 1 aliphatic rings. The highest BCUT2D eigenvalue weighted by Gasteiger charge is 2.26. The minimum absolute atomic E-state index is 0.0616. The molecule has 0 radical (unpaired) electrons. The van der Waals surface area contributed by atoms with Crippen molar-refractivity contribution in [2.45, 2.75) is 51.3 Å². The molecule has 0 saturated carbocycles. The van der Waals surface area contributed by atoms with Gasteiger partial charge in [0.1, 0.15) is 0 Å². The van der Waals surface area contributed by atoms with Crippen molar-refractivity contribution >= 4 is 12.0 Å². The number of hydrogen-bond acceptors (Lipinski definition) is 4. The van der Waals surface area contributed by atoms with Gasteiger partial charge in [-0.1, -0.05) is 6.92 Å². The first-order chi connectivity index (χ1) is 9.43. The van der Waals surface area contributed by atoms with Gasteiger partial charge in [0, 0.05) is 19.1 Å². The Balaban J connectivity index is 2.34. The quantitative estimate of drug-likeness (QED) is 0.550. The smallest absolute Gasteiger partial charge is 0.328 e. The molecule has 7 heteroatoms. The van der Waals surface area contributed by atoms with Crippen molar-refractivity contribution in [1.82, 2.24) is 15.5 Å². The third-order valence-electron chi connectivity index (χ3n) is 3.50. The molecule has 0 aromatic rings. The fraction of sp³-hybridized carbons (Fsp3) is 0.846. The third-order valence-corrected chi connectivity index (χ3v) is 3.50. The Morgan fingerprint density at radius 2 is 1.95 bits per heavy atom. The molecule has 4 N–H and O–H groups in total. The van der Waals surface area contributed by atoms with Crippen LogP contribution in [-0.2, 0) is 4.79 Å². The molecular weight excluding hydrogens is 262 g/mol. The van der Waals surface area contributed by atoms with E-state index in [0.717, 1.165) is 38.9 Å². The number of carbonyl (C=O) groups excluding carboxylic acids is 1. The lowest BCUT2D eigenvalue weighted by molar-refractivity contribution is -0.141. The number of aliphatic hydroxyl groups excluding tert-OH is 1. The van der Waals surface area contributed by atoms with E-state index >= 15 is 0 Å². The zero-order valence-corrected chi connectivity index (χ0v) is 12.1. The van der Waals surface area contributed by atoms with Gasteiger partial charge in [-0.2, -0.15) is 0 Å². The number of likely N-dealkylation sites (tertiary alicyclic amines) is 1. The van der Waals surface area contributed by atoms with Crippen LogP contribution in [0.4, 0.5) is 4.79 Å². The van der Waals surface area contributed by atoms with Crippen molar-refractivity contribution in [3.8, 4) is 0 Å². The van der Waals surface area contributed by atoms with Gasteiger partial charge < -0.3 is 25.7 Å². The molecule has 20 heavy (non-hydrogen) atoms. The normalized spacial score (nSPS) is 20.1. The van der Waals surface area contributed by atoms with Crippen LogP contribution in [0.2, 0.25) is 0 Å². The number of amides is 2. The van der Waals surface area contributed by atoms with E-state index in [4.69, 9.17) is 5.11 Å². The second-order valence-electron chi connectivity index (χ2n) is 5.29. The van der Waals surface area contributed by atoms with E-state index in [2.05, 4.69) is 22.5 Å². The number of carboxylic acid groups (broad SMARTS) is 1. The predicted molar refractivity (Wildman–Crippen MR) is 74.5 cm³/mol. The van der Waals surface area contributed by atoms with Crippen molar-refractivity contribution in [3.63, 3.8) is 0 Å². The monoisotopic (exact) mass is 287 g/mol. The Bertz CT molecular complexity index is 328. The van der Waals surface area contributed by atoms with E-state index in [1.54, 1.807) is 0 Å². The Labute approximate surface area is 119 Å². The molecule has 0 aromatic heterocycles. The molecule has 1 heterocycles. The Kier molecular flexibility index (Phi) is 6.74. The molecule has 7 nitrogen and oxygen atoms in total. The van der Waals surface area contributed by atoms with Crippen LogP contribution in [0.3, 0.4) is 0 Å². The minimum Gasteiger partial charge on any atom is -0.480 e. The van der Waals surface area contributed by atoms with Crippen LogP contribution in [-0.4, -0.2) is 64.9 Å². The standard InChI is InChI=1S/C13H25N3O4/c1-3-6-16-7-4-10(5-8-16)14-13(20)15-11(9(2)17)12(18)19/h9-11,17H,3-8H2,1-2H3,(H,18,19)(H2,14,15,20). The van der Waals surface area contributed by atoms with Gasteiger partial charge in [0.25, 0.3) is 0 Å². The van der Waals surface area contributed by atoms with E-state index in [-0.39, 0.29) is 6.04 Å². The summed E-state index contributed by atoms with van der Waals surface area (Å²) in [6, 6.07) is -1.76. The maximum Gasteiger partial charge on any atom is 0.328 e. The maximum absolute atomic E-state index is 11.7. The van der Waals surface area contributed by atoms with Crippen LogP contribution in [0.1, 0.15) is 33.1 Å². The number of hydrogen-bond donors (Lipinski definition) is 4. The van der Waals surface area contributed by atoms with Crippen LogP contribution >= 0.6 is 0 Å². The van der Waals surface area contributed by atoms with Crippen molar-refractivity contribution < 1.29 is 19.8 Å². The second kappa shape index (κ2) is 8.06. The molecule has 1 fully saturated rings. The third kappa shape index (κ3) is 5.34. The zero-order chi connectivity index (χ0) is 15.1. The SMILES string of the molecule is CCCN1CCC(NC(=O)NC(C(=O)O)C(C)O)CC1. The second-order valence-corrected chi connectivity index (χ2v) is 5.29. The van der Waals surface area contributed by atoms with E-state index in [9.17, 15) is 14.7 Å². The topological polar surface area (TPSA) is 102 Å². The maximum atomic E-state index is 11.7. The number of aliphatic carboxylic acids is 1. The summed E-state index contributed by atoms with van der Waals surface area (Å²) in [6.07, 6.45) is 1.71. The first kappa shape index (κ1) is 16.7. The lowest BCUT2D eigenvalue weighted by atomic mass is 10.1. The number of nitrogens with zero attached hydrogens (tertiary/aromatic N) is 1. The summed E-state index contributed by atoms with van der Waals surface area (Å²) in [5.74, 6) is -1.24. The van der Waals surface area contributed by atoms with E-state index in [1.165, 1.54) is 6.92 Å². The molecule has 0 bridgehead atoms. The van der Waals surface area contributed by atoms with Crippen LogP contribution in [0, 0.1) is 0 Å². The molecule has 2 atom stereocenters. The highest BCUT2D eigenvalue weighted by Crippen LogP contribution is 2.10. The van der Waals surface area contributed by atoms with Gasteiger partial charge in [0.2, 0.25) is 0 Å². The summed E-state index contributed by atoms with van der Waals surface area (Å²) in [4.78, 5) is 25.0. The van der Waals surface area contributed by atoms with Crippen LogP contribution in [0.5, 0.6) is 0 Å². The summed E-state index contributed by atoms with van der Waals surface area (Å²) in [7, 11) is 0. The summed E-state index contributed by atoms with van der Waals surface area (Å²) in [6.45, 7) is 6.43. The number of carbonyl (C=O) groups is 2.